The summed E-state index contributed by atoms with van der Waals surface area (Å²) < 4.78 is 0. The molecule has 0 aromatic heterocycles. The zero-order valence-corrected chi connectivity index (χ0v) is 26.4. The molecule has 212 valence electrons. The van der Waals surface area contributed by atoms with E-state index in [9.17, 15) is 0 Å². The zero-order valence-electron chi connectivity index (χ0n) is 26.4. The maximum atomic E-state index is 2.24. The Morgan fingerprint density at radius 1 is 0.293 bits per heavy atom. The SMILES string of the molecule is CC.CC.CC.CCC.c1ccc2c(c1)c1ccccc1c1ccccc21.c1ccc2cc3ccccc3cc2c1. The molecule has 7 aromatic rings. The van der Waals surface area contributed by atoms with Gasteiger partial charge in [0.1, 0.15) is 0 Å². The Morgan fingerprint density at radius 2 is 0.439 bits per heavy atom. The van der Waals surface area contributed by atoms with Crippen LogP contribution in [-0.2, 0) is 0 Å². The first-order chi connectivity index (χ1) is 20.3. The molecule has 0 aliphatic rings. The third-order valence-corrected chi connectivity index (χ3v) is 6.27. The van der Waals surface area contributed by atoms with Crippen molar-refractivity contribution >= 4 is 53.9 Å². The first-order valence-corrected chi connectivity index (χ1v) is 15.5. The highest BCUT2D eigenvalue weighted by Crippen LogP contribution is 2.34. The van der Waals surface area contributed by atoms with Crippen LogP contribution in [0.15, 0.2) is 133 Å². The highest BCUT2D eigenvalue weighted by atomic mass is 14.1. The van der Waals surface area contributed by atoms with Crippen LogP contribution in [0, 0.1) is 0 Å². The van der Waals surface area contributed by atoms with Crippen LogP contribution in [0.4, 0.5) is 0 Å². The third kappa shape index (κ3) is 8.18. The number of fused-ring (bicyclic) bond motifs is 8. The predicted octanol–water partition coefficient (Wildman–Crippen LogP) is 13.6. The fourth-order valence-corrected chi connectivity index (χ4v) is 4.74. The number of hydrogen-bond donors (Lipinski definition) is 0. The molecule has 0 radical (unpaired) electrons. The van der Waals surface area contributed by atoms with E-state index >= 15 is 0 Å². The molecule has 0 saturated carbocycles. The molecule has 0 saturated heterocycles. The highest BCUT2D eigenvalue weighted by molar-refractivity contribution is 6.25. The summed E-state index contributed by atoms with van der Waals surface area (Å²) in [5, 5.41) is 13.3. The molecule has 7 aromatic carbocycles. The van der Waals surface area contributed by atoms with Gasteiger partial charge < -0.3 is 0 Å². The topological polar surface area (TPSA) is 0 Å². The van der Waals surface area contributed by atoms with Crippen LogP contribution < -0.4 is 0 Å². The van der Waals surface area contributed by atoms with Crippen molar-refractivity contribution < 1.29 is 0 Å². The molecule has 0 aliphatic heterocycles. The van der Waals surface area contributed by atoms with E-state index < -0.39 is 0 Å². The second-order valence-electron chi connectivity index (χ2n) is 8.89. The van der Waals surface area contributed by atoms with Gasteiger partial charge in [-0.3, -0.25) is 0 Å². The fourth-order valence-electron chi connectivity index (χ4n) is 4.74. The summed E-state index contributed by atoms with van der Waals surface area (Å²) in [6.07, 6.45) is 1.25. The lowest BCUT2D eigenvalue weighted by atomic mass is 9.95. The monoisotopic (exact) mass is 540 g/mol. The van der Waals surface area contributed by atoms with E-state index in [0.717, 1.165) is 0 Å². The van der Waals surface area contributed by atoms with Gasteiger partial charge in [-0.05, 0) is 66.0 Å². The predicted molar refractivity (Wildman–Crippen MR) is 190 cm³/mol. The Hall–Kier alpha value is -4.16. The van der Waals surface area contributed by atoms with Gasteiger partial charge in [-0.2, -0.15) is 0 Å². The van der Waals surface area contributed by atoms with Crippen molar-refractivity contribution in [3.63, 3.8) is 0 Å². The van der Waals surface area contributed by atoms with Crippen molar-refractivity contribution in [2.75, 3.05) is 0 Å². The Labute approximate surface area is 248 Å². The number of hydrogen-bond acceptors (Lipinski definition) is 0. The third-order valence-electron chi connectivity index (χ3n) is 6.27. The van der Waals surface area contributed by atoms with Crippen LogP contribution in [0.5, 0.6) is 0 Å². The van der Waals surface area contributed by atoms with E-state index in [1.54, 1.807) is 0 Å². The first-order valence-electron chi connectivity index (χ1n) is 15.5. The van der Waals surface area contributed by atoms with Crippen LogP contribution in [0.2, 0.25) is 0 Å². The molecule has 0 unspecified atom stereocenters. The van der Waals surface area contributed by atoms with Crippen LogP contribution >= 0.6 is 0 Å². The van der Waals surface area contributed by atoms with Crippen molar-refractivity contribution in [3.8, 4) is 0 Å². The van der Waals surface area contributed by atoms with Crippen molar-refractivity contribution in [2.45, 2.75) is 61.8 Å². The van der Waals surface area contributed by atoms with Gasteiger partial charge in [0.25, 0.3) is 0 Å². The smallest absolute Gasteiger partial charge is 0.00990 e. The molecular weight excluding hydrogens is 492 g/mol. The average molecular weight is 541 g/mol. The first kappa shape index (κ1) is 33.0. The number of benzene rings is 7. The molecule has 7 rings (SSSR count). The summed E-state index contributed by atoms with van der Waals surface area (Å²) in [5.74, 6) is 0. The van der Waals surface area contributed by atoms with Gasteiger partial charge >= 0.3 is 0 Å². The molecule has 0 atom stereocenters. The normalized spacial score (nSPS) is 9.56. The molecule has 0 bridgehead atoms. The van der Waals surface area contributed by atoms with Crippen LogP contribution in [0.1, 0.15) is 61.8 Å². The molecule has 0 spiro atoms. The van der Waals surface area contributed by atoms with E-state index in [4.69, 9.17) is 0 Å². The fraction of sp³-hybridized carbons (Fsp3) is 0.220. The lowest BCUT2D eigenvalue weighted by Crippen LogP contribution is -1.81. The van der Waals surface area contributed by atoms with E-state index in [-0.39, 0.29) is 0 Å². The molecule has 41 heavy (non-hydrogen) atoms. The van der Waals surface area contributed by atoms with Gasteiger partial charge in [0.15, 0.2) is 0 Å². The minimum absolute atomic E-state index is 1.25. The maximum Gasteiger partial charge on any atom is -0.00990 e. The van der Waals surface area contributed by atoms with Gasteiger partial charge in [-0.25, -0.2) is 0 Å². The van der Waals surface area contributed by atoms with Crippen molar-refractivity contribution in [1.29, 1.82) is 0 Å². The summed E-state index contributed by atoms with van der Waals surface area (Å²) in [7, 11) is 0. The van der Waals surface area contributed by atoms with Crippen molar-refractivity contribution in [1.82, 2.24) is 0 Å². The molecule has 0 fully saturated rings. The summed E-state index contributed by atoms with van der Waals surface area (Å²) in [4.78, 5) is 0. The van der Waals surface area contributed by atoms with E-state index in [2.05, 4.69) is 147 Å². The molecule has 0 amide bonds. The lowest BCUT2D eigenvalue weighted by molar-refractivity contribution is 1.09. The Morgan fingerprint density at radius 3 is 0.610 bits per heavy atom. The largest absolute Gasteiger partial charge is 0.0683 e. The average Bonchev–Trinajstić information content (AvgIpc) is 3.07. The van der Waals surface area contributed by atoms with Gasteiger partial charge in [0, 0.05) is 0 Å². The van der Waals surface area contributed by atoms with Gasteiger partial charge in [0.2, 0.25) is 0 Å². The highest BCUT2D eigenvalue weighted by Gasteiger charge is 2.06. The molecular formula is C41H48. The van der Waals surface area contributed by atoms with Crippen molar-refractivity contribution in [3.05, 3.63) is 133 Å². The van der Waals surface area contributed by atoms with E-state index in [1.807, 2.05) is 41.5 Å². The minimum Gasteiger partial charge on any atom is -0.0683 e. The molecule has 0 heterocycles. The zero-order chi connectivity index (χ0) is 30.0. The van der Waals surface area contributed by atoms with Gasteiger partial charge in [-0.1, -0.05) is 183 Å². The maximum absolute atomic E-state index is 2.24. The van der Waals surface area contributed by atoms with Gasteiger partial charge in [0.05, 0.1) is 0 Å². The minimum atomic E-state index is 1.25. The second kappa shape index (κ2) is 18.2. The van der Waals surface area contributed by atoms with Crippen molar-refractivity contribution in [2.24, 2.45) is 0 Å². The summed E-state index contributed by atoms with van der Waals surface area (Å²) in [6, 6.07) is 47.4. The van der Waals surface area contributed by atoms with Crippen LogP contribution in [0.3, 0.4) is 0 Å². The second-order valence-corrected chi connectivity index (χ2v) is 8.89. The summed E-state index contributed by atoms with van der Waals surface area (Å²) in [6.45, 7) is 16.2. The molecule has 0 heteroatoms. The van der Waals surface area contributed by atoms with E-state index in [1.165, 1.54) is 60.3 Å². The lowest BCUT2D eigenvalue weighted by Gasteiger charge is -2.09. The Kier molecular flexibility index (Phi) is 14.7. The summed E-state index contributed by atoms with van der Waals surface area (Å²) >= 11 is 0. The molecule has 0 aliphatic carbocycles. The quantitative estimate of drug-likeness (QED) is 0.132. The standard InChI is InChI=1S/C18H12.C14H10.C3H8.3C2H6/c1-2-8-14-13(7-1)15-9-3-4-11-17(15)18-12-6-5-10-16(14)18;1-2-6-12-10-14-8-4-3-7-13(14)9-11(12)5-1;1-3-2;3*1-2/h1-12H;1-10H;3H2,1-2H3;3*1-2H3. The van der Waals surface area contributed by atoms with Gasteiger partial charge in [-0.15, -0.1) is 0 Å². The summed E-state index contributed by atoms with van der Waals surface area (Å²) in [5.41, 5.74) is 0. The number of rotatable bonds is 0. The molecule has 0 N–H and O–H groups in total. The Bertz CT molecular complexity index is 1410. The van der Waals surface area contributed by atoms with Crippen LogP contribution in [0.25, 0.3) is 53.9 Å². The molecule has 0 nitrogen and oxygen atoms in total. The van der Waals surface area contributed by atoms with E-state index in [0.29, 0.717) is 0 Å². The van der Waals surface area contributed by atoms with Crippen LogP contribution in [-0.4, -0.2) is 0 Å². The Balaban J connectivity index is 0.000000229.